The summed E-state index contributed by atoms with van der Waals surface area (Å²) in [6.07, 6.45) is 7.58. The summed E-state index contributed by atoms with van der Waals surface area (Å²) in [6, 6.07) is 9.44. The van der Waals surface area contributed by atoms with Crippen molar-refractivity contribution in [1.82, 2.24) is 35.3 Å². The summed E-state index contributed by atoms with van der Waals surface area (Å²) in [5.41, 5.74) is 3.09. The van der Waals surface area contributed by atoms with Crippen molar-refractivity contribution in [2.24, 2.45) is 5.92 Å². The van der Waals surface area contributed by atoms with Gasteiger partial charge in [-0.15, -0.1) is 0 Å². The SMILES string of the molecule is COC1CC(C(=O)NCc2ccc(-n3cc(F)cn3)nc2)C1.Cc1ccnc(Nc2cc(C)[nH]n2)c1. The molecule has 11 heteroatoms. The highest BCUT2D eigenvalue weighted by atomic mass is 19.1. The Balaban J connectivity index is 0.000000187. The van der Waals surface area contributed by atoms with Gasteiger partial charge in [-0.2, -0.15) is 10.2 Å². The summed E-state index contributed by atoms with van der Waals surface area (Å²) >= 11 is 0. The quantitative estimate of drug-likeness (QED) is 0.360. The van der Waals surface area contributed by atoms with Crippen molar-refractivity contribution in [2.45, 2.75) is 39.3 Å². The Kier molecular flexibility index (Phi) is 8.01. The van der Waals surface area contributed by atoms with Crippen LogP contribution in [0.2, 0.25) is 0 Å². The van der Waals surface area contributed by atoms with E-state index in [1.54, 1.807) is 25.6 Å². The van der Waals surface area contributed by atoms with E-state index < -0.39 is 5.82 Å². The van der Waals surface area contributed by atoms with E-state index in [0.717, 1.165) is 41.9 Å². The van der Waals surface area contributed by atoms with Crippen LogP contribution in [-0.2, 0) is 16.1 Å². The van der Waals surface area contributed by atoms with Crippen molar-refractivity contribution in [1.29, 1.82) is 0 Å². The topological polar surface area (TPSA) is 123 Å². The Bertz CT molecular complexity index is 1280. The molecule has 0 unspecified atom stereocenters. The molecular formula is C25H29FN8O2. The van der Waals surface area contributed by atoms with E-state index in [9.17, 15) is 9.18 Å². The Hall–Kier alpha value is -4.12. The maximum Gasteiger partial charge on any atom is 0.223 e. The summed E-state index contributed by atoms with van der Waals surface area (Å²) in [4.78, 5) is 20.3. The van der Waals surface area contributed by atoms with Crippen LogP contribution >= 0.6 is 0 Å². The highest BCUT2D eigenvalue weighted by molar-refractivity contribution is 5.79. The molecule has 10 nitrogen and oxygen atoms in total. The third-order valence-electron chi connectivity index (χ3n) is 5.74. The number of pyridine rings is 2. The molecule has 1 fully saturated rings. The number of H-pyrrole nitrogens is 1. The lowest BCUT2D eigenvalue weighted by Gasteiger charge is -2.32. The molecule has 36 heavy (non-hydrogen) atoms. The first-order valence-corrected chi connectivity index (χ1v) is 11.6. The van der Waals surface area contributed by atoms with Crippen molar-refractivity contribution in [3.63, 3.8) is 0 Å². The van der Waals surface area contributed by atoms with Gasteiger partial charge >= 0.3 is 0 Å². The number of methoxy groups -OCH3 is 1. The number of amides is 1. The number of aryl methyl sites for hydroxylation is 2. The monoisotopic (exact) mass is 492 g/mol. The van der Waals surface area contributed by atoms with Gasteiger partial charge in [-0.05, 0) is 56.0 Å². The Morgan fingerprint density at radius 1 is 1.17 bits per heavy atom. The van der Waals surface area contributed by atoms with Gasteiger partial charge in [0.1, 0.15) is 5.82 Å². The van der Waals surface area contributed by atoms with Crippen molar-refractivity contribution in [3.8, 4) is 5.82 Å². The normalized spacial score (nSPS) is 16.4. The van der Waals surface area contributed by atoms with Gasteiger partial charge in [0.15, 0.2) is 17.5 Å². The van der Waals surface area contributed by atoms with Crippen LogP contribution in [0.5, 0.6) is 0 Å². The molecular weight excluding hydrogens is 463 g/mol. The number of hydrogen-bond donors (Lipinski definition) is 3. The summed E-state index contributed by atoms with van der Waals surface area (Å²) in [5, 5.41) is 16.8. The zero-order chi connectivity index (χ0) is 25.5. The van der Waals surface area contributed by atoms with Gasteiger partial charge in [-0.3, -0.25) is 9.89 Å². The molecule has 4 aromatic rings. The highest BCUT2D eigenvalue weighted by Gasteiger charge is 2.34. The molecule has 0 bridgehead atoms. The van der Waals surface area contributed by atoms with Crippen molar-refractivity contribution < 1.29 is 13.9 Å². The van der Waals surface area contributed by atoms with E-state index in [0.29, 0.717) is 12.4 Å². The van der Waals surface area contributed by atoms with Crippen LogP contribution in [0.4, 0.5) is 16.0 Å². The molecule has 0 aromatic carbocycles. The van der Waals surface area contributed by atoms with Gasteiger partial charge in [-0.1, -0.05) is 6.07 Å². The minimum atomic E-state index is -0.409. The molecule has 1 aliphatic rings. The van der Waals surface area contributed by atoms with Crippen LogP contribution in [0, 0.1) is 25.6 Å². The molecule has 0 radical (unpaired) electrons. The first kappa shape index (κ1) is 25.0. The summed E-state index contributed by atoms with van der Waals surface area (Å²) < 4.78 is 19.4. The second-order valence-electron chi connectivity index (χ2n) is 8.65. The number of halogens is 1. The lowest BCUT2D eigenvalue weighted by atomic mass is 9.81. The Morgan fingerprint density at radius 2 is 2.00 bits per heavy atom. The summed E-state index contributed by atoms with van der Waals surface area (Å²) in [7, 11) is 1.66. The number of aromatic amines is 1. The van der Waals surface area contributed by atoms with Crippen LogP contribution in [0.1, 0.15) is 29.7 Å². The van der Waals surface area contributed by atoms with E-state index in [1.165, 1.54) is 16.4 Å². The zero-order valence-electron chi connectivity index (χ0n) is 20.4. The number of hydrogen-bond acceptors (Lipinski definition) is 7. The van der Waals surface area contributed by atoms with Crippen LogP contribution in [-0.4, -0.2) is 49.1 Å². The fraction of sp³-hybridized carbons (Fsp3) is 0.320. The van der Waals surface area contributed by atoms with Gasteiger partial charge in [0, 0.05) is 43.7 Å². The number of nitrogens with one attached hydrogen (secondary N) is 3. The third kappa shape index (κ3) is 6.72. The molecule has 3 N–H and O–H groups in total. The van der Waals surface area contributed by atoms with E-state index in [4.69, 9.17) is 4.74 Å². The number of anilines is 2. The van der Waals surface area contributed by atoms with Gasteiger partial charge in [0.05, 0.1) is 18.5 Å². The number of rotatable bonds is 7. The van der Waals surface area contributed by atoms with E-state index in [-0.39, 0.29) is 17.9 Å². The van der Waals surface area contributed by atoms with Crippen molar-refractivity contribution in [2.75, 3.05) is 12.4 Å². The molecule has 188 valence electrons. The van der Waals surface area contributed by atoms with Crippen LogP contribution in [0.15, 0.2) is 55.1 Å². The Labute approximate surface area is 208 Å². The van der Waals surface area contributed by atoms with Crippen molar-refractivity contribution in [3.05, 3.63) is 77.8 Å². The standard InChI is InChI=1S/C15H17FN4O2.C10H12N4/c1-22-13-4-11(5-13)15(21)18-7-10-2-3-14(17-6-10)20-9-12(16)8-19-20;1-7-3-4-11-9(5-7)12-10-6-8(2)13-14-10/h2-3,6,8-9,11,13H,4-5,7H2,1H3,(H,18,21);3-6H,1-2H3,(H2,11,12,13,14). The number of nitrogens with zero attached hydrogens (tertiary/aromatic N) is 5. The van der Waals surface area contributed by atoms with E-state index >= 15 is 0 Å². The fourth-order valence-corrected chi connectivity index (χ4v) is 3.61. The maximum atomic E-state index is 12.9. The van der Waals surface area contributed by atoms with Gasteiger partial charge < -0.3 is 15.4 Å². The molecule has 0 aliphatic heterocycles. The van der Waals surface area contributed by atoms with Gasteiger partial charge in [0.2, 0.25) is 5.91 Å². The summed E-state index contributed by atoms with van der Waals surface area (Å²) in [5.74, 6) is 1.82. The lowest BCUT2D eigenvalue weighted by molar-refractivity contribution is -0.132. The first-order chi connectivity index (χ1) is 17.4. The molecule has 1 amide bonds. The predicted octanol–water partition coefficient (Wildman–Crippen LogP) is 3.61. The molecule has 1 saturated carbocycles. The average Bonchev–Trinajstić information content (AvgIpc) is 3.45. The maximum absolute atomic E-state index is 12.9. The lowest BCUT2D eigenvalue weighted by Crippen LogP contribution is -2.41. The molecule has 5 rings (SSSR count). The Morgan fingerprint density at radius 3 is 2.61 bits per heavy atom. The van der Waals surface area contributed by atoms with Gasteiger partial charge in [0.25, 0.3) is 0 Å². The molecule has 1 aliphatic carbocycles. The highest BCUT2D eigenvalue weighted by Crippen LogP contribution is 2.29. The third-order valence-corrected chi connectivity index (χ3v) is 5.74. The van der Waals surface area contributed by atoms with E-state index in [1.807, 2.05) is 38.1 Å². The number of carbonyl (C=O) groups is 1. The number of aromatic nitrogens is 6. The van der Waals surface area contributed by atoms with Crippen LogP contribution < -0.4 is 10.6 Å². The minimum absolute atomic E-state index is 0.0456. The largest absolute Gasteiger partial charge is 0.381 e. The average molecular weight is 493 g/mol. The number of ether oxygens (including phenoxy) is 1. The molecule has 0 atom stereocenters. The molecule has 0 saturated heterocycles. The van der Waals surface area contributed by atoms with Crippen LogP contribution in [0.25, 0.3) is 5.82 Å². The second-order valence-corrected chi connectivity index (χ2v) is 8.65. The second kappa shape index (κ2) is 11.5. The number of carbonyl (C=O) groups excluding carboxylic acids is 1. The predicted molar refractivity (Wildman–Crippen MR) is 132 cm³/mol. The molecule has 4 heterocycles. The van der Waals surface area contributed by atoms with Crippen molar-refractivity contribution >= 4 is 17.5 Å². The molecule has 4 aromatic heterocycles. The minimum Gasteiger partial charge on any atom is -0.381 e. The first-order valence-electron chi connectivity index (χ1n) is 11.6. The van der Waals surface area contributed by atoms with Crippen LogP contribution in [0.3, 0.4) is 0 Å². The summed E-state index contributed by atoms with van der Waals surface area (Å²) in [6.45, 7) is 4.41. The van der Waals surface area contributed by atoms with E-state index in [2.05, 4.69) is 35.9 Å². The zero-order valence-corrected chi connectivity index (χ0v) is 20.4. The smallest absolute Gasteiger partial charge is 0.223 e. The fourth-order valence-electron chi connectivity index (χ4n) is 3.61. The van der Waals surface area contributed by atoms with Gasteiger partial charge in [-0.25, -0.2) is 19.0 Å². The molecule has 0 spiro atoms.